The zero-order chi connectivity index (χ0) is 15.5. The zero-order valence-corrected chi connectivity index (χ0v) is 12.3. The van der Waals surface area contributed by atoms with Crippen LogP contribution in [0.4, 0.5) is 0 Å². The van der Waals surface area contributed by atoms with Gasteiger partial charge in [-0.1, -0.05) is 30.3 Å². The van der Waals surface area contributed by atoms with E-state index in [1.807, 2.05) is 6.07 Å². The van der Waals surface area contributed by atoms with Gasteiger partial charge in [0.2, 0.25) is 0 Å². The molecule has 0 saturated heterocycles. The van der Waals surface area contributed by atoms with Gasteiger partial charge in [0.25, 0.3) is 0 Å². The largest absolute Gasteiger partial charge is 0.463 e. The second-order valence-electron chi connectivity index (χ2n) is 4.13. The Labute approximate surface area is 129 Å². The maximum atomic E-state index is 11.4. The van der Waals surface area contributed by atoms with E-state index in [9.17, 15) is 9.59 Å². The average molecular weight is 309 g/mol. The average Bonchev–Trinajstić information content (AvgIpc) is 2.48. The molecule has 0 aliphatic carbocycles. The maximum absolute atomic E-state index is 11.4. The standard InChI is InChI=1S/C16H17ClO4/c1-2-15(18)20-10-3-4-11-21-16(19)9-8-13-6-5-7-14(17)12-13/h2,5-9,12H,1,3-4,10-11H2/b9-8+. The Bertz CT molecular complexity index is 523. The van der Waals surface area contributed by atoms with Gasteiger partial charge in [0, 0.05) is 17.2 Å². The summed E-state index contributed by atoms with van der Waals surface area (Å²) in [6.07, 6.45) is 5.36. The maximum Gasteiger partial charge on any atom is 0.330 e. The van der Waals surface area contributed by atoms with Crippen LogP contribution in [0.5, 0.6) is 0 Å². The molecule has 0 unspecified atom stereocenters. The first-order valence-corrected chi connectivity index (χ1v) is 6.89. The molecule has 0 saturated carbocycles. The fourth-order valence-corrected chi connectivity index (χ4v) is 1.63. The van der Waals surface area contributed by atoms with Crippen molar-refractivity contribution in [1.82, 2.24) is 0 Å². The number of carbonyl (C=O) groups excluding carboxylic acids is 2. The second-order valence-corrected chi connectivity index (χ2v) is 4.57. The van der Waals surface area contributed by atoms with Gasteiger partial charge in [-0.25, -0.2) is 9.59 Å². The Kier molecular flexibility index (Phi) is 7.90. The highest BCUT2D eigenvalue weighted by atomic mass is 35.5. The second kappa shape index (κ2) is 9.77. The summed E-state index contributed by atoms with van der Waals surface area (Å²) in [6.45, 7) is 3.86. The lowest BCUT2D eigenvalue weighted by Crippen LogP contribution is -2.05. The third-order valence-corrected chi connectivity index (χ3v) is 2.69. The van der Waals surface area contributed by atoms with E-state index in [0.29, 0.717) is 24.5 Å². The monoisotopic (exact) mass is 308 g/mol. The molecular weight excluding hydrogens is 292 g/mol. The molecule has 112 valence electrons. The summed E-state index contributed by atoms with van der Waals surface area (Å²) in [5, 5.41) is 0.611. The van der Waals surface area contributed by atoms with Gasteiger partial charge >= 0.3 is 11.9 Å². The molecular formula is C16H17ClO4. The van der Waals surface area contributed by atoms with Gasteiger partial charge < -0.3 is 9.47 Å². The number of hydrogen-bond acceptors (Lipinski definition) is 4. The van der Waals surface area contributed by atoms with Crippen LogP contribution in [0, 0.1) is 0 Å². The van der Waals surface area contributed by atoms with Crippen LogP contribution in [-0.4, -0.2) is 25.2 Å². The van der Waals surface area contributed by atoms with E-state index in [1.54, 1.807) is 24.3 Å². The van der Waals surface area contributed by atoms with Crippen molar-refractivity contribution in [2.45, 2.75) is 12.8 Å². The minimum atomic E-state index is -0.448. The van der Waals surface area contributed by atoms with Crippen molar-refractivity contribution < 1.29 is 19.1 Å². The molecule has 0 fully saturated rings. The van der Waals surface area contributed by atoms with E-state index >= 15 is 0 Å². The number of unbranched alkanes of at least 4 members (excludes halogenated alkanes) is 1. The number of ether oxygens (including phenoxy) is 2. The van der Waals surface area contributed by atoms with E-state index in [-0.39, 0.29) is 6.61 Å². The van der Waals surface area contributed by atoms with Crippen LogP contribution in [-0.2, 0) is 19.1 Å². The van der Waals surface area contributed by atoms with E-state index in [0.717, 1.165) is 11.6 Å². The highest BCUT2D eigenvalue weighted by molar-refractivity contribution is 6.30. The van der Waals surface area contributed by atoms with Crippen LogP contribution in [0.3, 0.4) is 0 Å². The lowest BCUT2D eigenvalue weighted by atomic mass is 10.2. The number of esters is 2. The quantitative estimate of drug-likeness (QED) is 0.419. The molecule has 5 heteroatoms. The molecule has 0 heterocycles. The van der Waals surface area contributed by atoms with E-state index in [4.69, 9.17) is 21.1 Å². The number of benzene rings is 1. The Morgan fingerprint density at radius 2 is 1.81 bits per heavy atom. The predicted molar refractivity (Wildman–Crippen MR) is 81.8 cm³/mol. The summed E-state index contributed by atoms with van der Waals surface area (Å²) in [4.78, 5) is 22.2. The molecule has 0 aromatic heterocycles. The van der Waals surface area contributed by atoms with Gasteiger partial charge in [0.1, 0.15) is 0 Å². The normalized spacial score (nSPS) is 10.3. The number of rotatable bonds is 8. The Balaban J connectivity index is 2.17. The highest BCUT2D eigenvalue weighted by Crippen LogP contribution is 2.11. The molecule has 1 aromatic rings. The number of halogens is 1. The minimum Gasteiger partial charge on any atom is -0.463 e. The van der Waals surface area contributed by atoms with E-state index in [1.165, 1.54) is 6.08 Å². The Morgan fingerprint density at radius 3 is 2.43 bits per heavy atom. The van der Waals surface area contributed by atoms with Crippen molar-refractivity contribution in [3.05, 3.63) is 53.6 Å². The first-order valence-electron chi connectivity index (χ1n) is 6.51. The molecule has 1 aromatic carbocycles. The molecule has 0 aliphatic rings. The summed E-state index contributed by atoms with van der Waals surface area (Å²) in [5.41, 5.74) is 0.829. The van der Waals surface area contributed by atoms with Gasteiger partial charge in [0.15, 0.2) is 0 Å². The third-order valence-electron chi connectivity index (χ3n) is 2.45. The molecule has 4 nitrogen and oxygen atoms in total. The van der Waals surface area contributed by atoms with Gasteiger partial charge in [0.05, 0.1) is 13.2 Å². The van der Waals surface area contributed by atoms with Crippen LogP contribution >= 0.6 is 11.6 Å². The van der Waals surface area contributed by atoms with E-state index < -0.39 is 11.9 Å². The fraction of sp³-hybridized carbons (Fsp3) is 0.250. The van der Waals surface area contributed by atoms with Gasteiger partial charge in [-0.3, -0.25) is 0 Å². The third kappa shape index (κ3) is 7.95. The van der Waals surface area contributed by atoms with Crippen molar-refractivity contribution in [2.24, 2.45) is 0 Å². The molecule has 21 heavy (non-hydrogen) atoms. The van der Waals surface area contributed by atoms with Crippen LogP contribution in [0.25, 0.3) is 6.08 Å². The molecule has 0 N–H and O–H groups in total. The van der Waals surface area contributed by atoms with Gasteiger partial charge in [-0.05, 0) is 36.6 Å². The van der Waals surface area contributed by atoms with Crippen molar-refractivity contribution in [3.63, 3.8) is 0 Å². The highest BCUT2D eigenvalue weighted by Gasteiger charge is 1.99. The van der Waals surface area contributed by atoms with Crippen LogP contribution in [0.2, 0.25) is 5.02 Å². The van der Waals surface area contributed by atoms with Crippen molar-refractivity contribution in [3.8, 4) is 0 Å². The topological polar surface area (TPSA) is 52.6 Å². The van der Waals surface area contributed by atoms with E-state index in [2.05, 4.69) is 6.58 Å². The Hall–Kier alpha value is -2.07. The molecule has 0 amide bonds. The van der Waals surface area contributed by atoms with Gasteiger partial charge in [-0.2, -0.15) is 0 Å². The molecule has 0 spiro atoms. The van der Waals surface area contributed by atoms with Crippen molar-refractivity contribution in [2.75, 3.05) is 13.2 Å². The number of carbonyl (C=O) groups is 2. The summed E-state index contributed by atoms with van der Waals surface area (Å²) in [7, 11) is 0. The number of hydrogen-bond donors (Lipinski definition) is 0. The van der Waals surface area contributed by atoms with Crippen LogP contribution in [0.1, 0.15) is 18.4 Å². The summed E-state index contributed by atoms with van der Waals surface area (Å²) in [6, 6.07) is 7.15. The Morgan fingerprint density at radius 1 is 1.14 bits per heavy atom. The summed E-state index contributed by atoms with van der Waals surface area (Å²) < 4.78 is 9.80. The minimum absolute atomic E-state index is 0.282. The smallest absolute Gasteiger partial charge is 0.330 e. The SMILES string of the molecule is C=CC(=O)OCCCCOC(=O)/C=C/c1cccc(Cl)c1. The molecule has 1 rings (SSSR count). The molecule has 0 radical (unpaired) electrons. The molecule has 0 aliphatic heterocycles. The van der Waals surface area contributed by atoms with Gasteiger partial charge in [-0.15, -0.1) is 0 Å². The first-order chi connectivity index (χ1) is 10.1. The predicted octanol–water partition coefficient (Wildman–Crippen LogP) is 3.41. The lowest BCUT2D eigenvalue weighted by molar-refractivity contribution is -0.140. The first kappa shape index (κ1) is 17.0. The fourth-order valence-electron chi connectivity index (χ4n) is 1.43. The lowest BCUT2D eigenvalue weighted by Gasteiger charge is -2.03. The van der Waals surface area contributed by atoms with Crippen LogP contribution < -0.4 is 0 Å². The molecule has 0 atom stereocenters. The summed E-state index contributed by atoms with van der Waals surface area (Å²) >= 11 is 5.83. The summed E-state index contributed by atoms with van der Waals surface area (Å²) in [5.74, 6) is -0.866. The van der Waals surface area contributed by atoms with Crippen molar-refractivity contribution >= 4 is 29.6 Å². The van der Waals surface area contributed by atoms with Crippen molar-refractivity contribution in [1.29, 1.82) is 0 Å². The molecule has 0 bridgehead atoms. The zero-order valence-electron chi connectivity index (χ0n) is 11.6. The van der Waals surface area contributed by atoms with Crippen LogP contribution in [0.15, 0.2) is 43.0 Å².